The van der Waals surface area contributed by atoms with Crippen molar-refractivity contribution in [1.82, 2.24) is 9.78 Å². The molecule has 0 aromatic carbocycles. The van der Waals surface area contributed by atoms with Crippen molar-refractivity contribution < 1.29 is 14.3 Å². The Morgan fingerprint density at radius 2 is 2.29 bits per heavy atom. The van der Waals surface area contributed by atoms with E-state index in [1.165, 1.54) is 7.11 Å². The number of nitrogens with one attached hydrogen (secondary N) is 1. The smallest absolute Gasteiger partial charge is 0.350 e. The predicted molar refractivity (Wildman–Crippen MR) is 79.3 cm³/mol. The quantitative estimate of drug-likeness (QED) is 0.668. The Kier molecular flexibility index (Phi) is 4.43. The van der Waals surface area contributed by atoms with Crippen LogP contribution >= 0.6 is 11.3 Å². The Labute approximate surface area is 124 Å². The number of thiophene rings is 1. The molecule has 2 aromatic heterocycles. The summed E-state index contributed by atoms with van der Waals surface area (Å²) in [6.45, 7) is 1.10. The molecule has 0 aliphatic carbocycles. The van der Waals surface area contributed by atoms with Gasteiger partial charge >= 0.3 is 5.97 Å². The van der Waals surface area contributed by atoms with Crippen molar-refractivity contribution >= 4 is 33.9 Å². The van der Waals surface area contributed by atoms with E-state index in [1.54, 1.807) is 10.9 Å². The van der Waals surface area contributed by atoms with Crippen molar-refractivity contribution in [3.05, 3.63) is 28.9 Å². The minimum Gasteiger partial charge on any atom is -0.465 e. The van der Waals surface area contributed by atoms with E-state index < -0.39 is 11.9 Å². The maximum Gasteiger partial charge on any atom is 0.350 e. The van der Waals surface area contributed by atoms with Crippen molar-refractivity contribution in [2.45, 2.75) is 6.54 Å². The molecule has 0 aliphatic heterocycles. The zero-order chi connectivity index (χ0) is 15.4. The summed E-state index contributed by atoms with van der Waals surface area (Å²) in [6.07, 6.45) is 3.49. The number of ether oxygens (including phenoxy) is 1. The van der Waals surface area contributed by atoms with E-state index in [9.17, 15) is 9.59 Å². The minimum atomic E-state index is -0.694. The van der Waals surface area contributed by atoms with Crippen LogP contribution in [0.25, 0.3) is 0 Å². The second kappa shape index (κ2) is 6.27. The Morgan fingerprint density at radius 1 is 1.52 bits per heavy atom. The number of carbonyl (C=O) groups excluding carboxylic acids is 2. The molecule has 0 saturated heterocycles. The zero-order valence-electron chi connectivity index (χ0n) is 11.3. The fourth-order valence-electron chi connectivity index (χ4n) is 1.77. The fourth-order valence-corrected chi connectivity index (χ4v) is 2.84. The molecule has 2 aromatic rings. The van der Waals surface area contributed by atoms with Crippen LogP contribution in [0.1, 0.15) is 20.0 Å². The molecule has 9 heteroatoms. The van der Waals surface area contributed by atoms with Crippen LogP contribution in [0.3, 0.4) is 0 Å². The standard InChI is InChI=1S/C12H15N5O3S/c1-20-12(19)9-8(13)7(10(14)18)11(21-9)15-4-6-17-5-2-3-16-17/h2-3,5,15H,4,6,13H2,1H3,(H2,14,18). The van der Waals surface area contributed by atoms with Crippen LogP contribution in [-0.2, 0) is 11.3 Å². The number of hydrogen-bond acceptors (Lipinski definition) is 7. The summed E-state index contributed by atoms with van der Waals surface area (Å²) >= 11 is 1.04. The molecular weight excluding hydrogens is 294 g/mol. The molecule has 2 rings (SSSR count). The normalized spacial score (nSPS) is 10.3. The van der Waals surface area contributed by atoms with Crippen molar-refractivity contribution in [2.75, 3.05) is 24.7 Å². The molecule has 112 valence electrons. The number of anilines is 2. The van der Waals surface area contributed by atoms with Gasteiger partial charge in [0.05, 0.1) is 24.9 Å². The zero-order valence-corrected chi connectivity index (χ0v) is 12.1. The monoisotopic (exact) mass is 309 g/mol. The van der Waals surface area contributed by atoms with E-state index in [-0.39, 0.29) is 16.1 Å². The van der Waals surface area contributed by atoms with Gasteiger partial charge in [-0.1, -0.05) is 0 Å². The number of aromatic nitrogens is 2. The lowest BCUT2D eigenvalue weighted by Crippen LogP contribution is -2.17. The number of amides is 1. The second-order valence-corrected chi connectivity index (χ2v) is 5.12. The van der Waals surface area contributed by atoms with Crippen molar-refractivity contribution in [1.29, 1.82) is 0 Å². The van der Waals surface area contributed by atoms with E-state index in [0.717, 1.165) is 11.3 Å². The van der Waals surface area contributed by atoms with Gasteiger partial charge in [0.15, 0.2) is 0 Å². The Balaban J connectivity index is 2.17. The lowest BCUT2D eigenvalue weighted by Gasteiger charge is -2.06. The van der Waals surface area contributed by atoms with Gasteiger partial charge in [0.1, 0.15) is 9.88 Å². The Bertz CT molecular complexity index is 650. The van der Waals surface area contributed by atoms with Gasteiger partial charge in [-0.3, -0.25) is 9.48 Å². The van der Waals surface area contributed by atoms with Gasteiger partial charge < -0.3 is 21.5 Å². The first-order valence-corrected chi connectivity index (χ1v) is 6.88. The molecule has 0 saturated carbocycles. The summed E-state index contributed by atoms with van der Waals surface area (Å²) in [5.74, 6) is -1.29. The fraction of sp³-hybridized carbons (Fsp3) is 0.250. The van der Waals surface area contributed by atoms with Gasteiger partial charge in [0, 0.05) is 18.9 Å². The number of nitrogens with zero attached hydrogens (tertiary/aromatic N) is 2. The van der Waals surface area contributed by atoms with Crippen LogP contribution in [0.15, 0.2) is 18.5 Å². The van der Waals surface area contributed by atoms with E-state index >= 15 is 0 Å². The lowest BCUT2D eigenvalue weighted by molar-refractivity contribution is 0.0607. The summed E-state index contributed by atoms with van der Waals surface area (Å²) in [5, 5.41) is 7.55. The average molecular weight is 309 g/mol. The van der Waals surface area contributed by atoms with Crippen LogP contribution < -0.4 is 16.8 Å². The average Bonchev–Trinajstić information content (AvgIpc) is 3.06. The van der Waals surface area contributed by atoms with E-state index in [4.69, 9.17) is 11.5 Å². The lowest BCUT2D eigenvalue weighted by atomic mass is 10.2. The van der Waals surface area contributed by atoms with Crippen LogP contribution in [0.4, 0.5) is 10.7 Å². The summed E-state index contributed by atoms with van der Waals surface area (Å²) in [7, 11) is 1.25. The molecule has 21 heavy (non-hydrogen) atoms. The Hall–Kier alpha value is -2.55. The molecule has 0 unspecified atom stereocenters. The molecular formula is C12H15N5O3S. The maximum atomic E-state index is 11.6. The van der Waals surface area contributed by atoms with Crippen molar-refractivity contribution in [3.8, 4) is 0 Å². The minimum absolute atomic E-state index is 0.0425. The van der Waals surface area contributed by atoms with Crippen LogP contribution in [0.5, 0.6) is 0 Å². The third-order valence-electron chi connectivity index (χ3n) is 2.75. The van der Waals surface area contributed by atoms with Gasteiger partial charge in [-0.25, -0.2) is 4.79 Å². The third kappa shape index (κ3) is 3.14. The molecule has 0 radical (unpaired) electrons. The second-order valence-electron chi connectivity index (χ2n) is 4.10. The third-order valence-corrected chi connectivity index (χ3v) is 3.89. The van der Waals surface area contributed by atoms with Crippen LogP contribution in [0.2, 0.25) is 0 Å². The molecule has 5 N–H and O–H groups in total. The van der Waals surface area contributed by atoms with Crippen LogP contribution in [-0.4, -0.2) is 35.3 Å². The molecule has 0 aliphatic rings. The summed E-state index contributed by atoms with van der Waals surface area (Å²) in [5.41, 5.74) is 11.3. The van der Waals surface area contributed by atoms with Gasteiger partial charge in [-0.15, -0.1) is 11.3 Å². The van der Waals surface area contributed by atoms with Crippen molar-refractivity contribution in [2.24, 2.45) is 5.73 Å². The number of carbonyl (C=O) groups is 2. The van der Waals surface area contributed by atoms with Gasteiger partial charge in [-0.2, -0.15) is 5.10 Å². The van der Waals surface area contributed by atoms with E-state index in [1.807, 2.05) is 12.3 Å². The molecule has 8 nitrogen and oxygen atoms in total. The number of esters is 1. The highest BCUT2D eigenvalue weighted by atomic mass is 32.1. The predicted octanol–water partition coefficient (Wildman–Crippen LogP) is 0.524. The highest BCUT2D eigenvalue weighted by molar-refractivity contribution is 7.19. The number of primary amides is 1. The molecule has 1 amide bonds. The summed E-state index contributed by atoms with van der Waals surface area (Å²) in [6, 6.07) is 1.81. The SMILES string of the molecule is COC(=O)c1sc(NCCn2cccn2)c(C(N)=O)c1N. The number of methoxy groups -OCH3 is 1. The molecule has 2 heterocycles. The summed E-state index contributed by atoms with van der Waals surface area (Å²) < 4.78 is 6.36. The van der Waals surface area contributed by atoms with Crippen molar-refractivity contribution in [3.63, 3.8) is 0 Å². The molecule has 0 spiro atoms. The number of rotatable bonds is 6. The largest absolute Gasteiger partial charge is 0.465 e. The first-order chi connectivity index (χ1) is 10.0. The maximum absolute atomic E-state index is 11.6. The summed E-state index contributed by atoms with van der Waals surface area (Å²) in [4.78, 5) is 23.3. The van der Waals surface area contributed by atoms with Crippen LogP contribution in [0, 0.1) is 0 Å². The Morgan fingerprint density at radius 3 is 2.86 bits per heavy atom. The molecule has 0 atom stereocenters. The first-order valence-electron chi connectivity index (χ1n) is 6.06. The van der Waals surface area contributed by atoms with E-state index in [0.29, 0.717) is 18.1 Å². The number of hydrogen-bond donors (Lipinski definition) is 3. The van der Waals surface area contributed by atoms with Gasteiger partial charge in [-0.05, 0) is 6.07 Å². The highest BCUT2D eigenvalue weighted by Gasteiger charge is 2.24. The van der Waals surface area contributed by atoms with E-state index in [2.05, 4.69) is 15.2 Å². The van der Waals surface area contributed by atoms with Gasteiger partial charge in [0.2, 0.25) is 0 Å². The van der Waals surface area contributed by atoms with Gasteiger partial charge in [0.25, 0.3) is 5.91 Å². The highest BCUT2D eigenvalue weighted by Crippen LogP contribution is 2.35. The molecule has 0 fully saturated rings. The topological polar surface area (TPSA) is 125 Å². The molecule has 0 bridgehead atoms. The first kappa shape index (κ1) is 14.9. The number of nitrogen functional groups attached to an aromatic ring is 1. The number of nitrogens with two attached hydrogens (primary N) is 2.